The van der Waals surface area contributed by atoms with Crippen molar-refractivity contribution in [1.29, 1.82) is 0 Å². The highest BCUT2D eigenvalue weighted by molar-refractivity contribution is 9.10. The van der Waals surface area contributed by atoms with E-state index in [0.717, 1.165) is 4.47 Å². The Morgan fingerprint density at radius 2 is 1.69 bits per heavy atom. The fourth-order valence-electron chi connectivity index (χ4n) is 0.592. The van der Waals surface area contributed by atoms with Gasteiger partial charge in [-0.3, -0.25) is 0 Å². The van der Waals surface area contributed by atoms with Crippen LogP contribution in [0.5, 0.6) is 0 Å². The van der Waals surface area contributed by atoms with E-state index in [1.807, 2.05) is 0 Å². The molecule has 90 valence electrons. The minimum absolute atomic E-state index is 0.174. The number of benzene rings is 1. The van der Waals surface area contributed by atoms with Crippen molar-refractivity contribution in [3.63, 3.8) is 0 Å². The van der Waals surface area contributed by atoms with Gasteiger partial charge in [0.1, 0.15) is 0 Å². The van der Waals surface area contributed by atoms with E-state index >= 15 is 0 Å². The molecule has 0 saturated carbocycles. The number of aliphatic hydroxyl groups excluding tert-OH is 1. The quantitative estimate of drug-likeness (QED) is 0.777. The van der Waals surface area contributed by atoms with E-state index in [4.69, 9.17) is 15.3 Å². The van der Waals surface area contributed by atoms with Crippen molar-refractivity contribution in [2.24, 2.45) is 0 Å². The van der Waals surface area contributed by atoms with Gasteiger partial charge in [-0.1, -0.05) is 15.9 Å². The molecule has 5 heteroatoms. The lowest BCUT2D eigenvalue weighted by atomic mass is 10.2. The van der Waals surface area contributed by atoms with Gasteiger partial charge in [-0.05, 0) is 38.1 Å². The van der Waals surface area contributed by atoms with Gasteiger partial charge < -0.3 is 15.3 Å². The molecule has 0 radical (unpaired) electrons. The molecule has 0 aliphatic carbocycles. The second-order valence-corrected chi connectivity index (χ2v) is 4.70. The predicted molar refractivity (Wildman–Crippen MR) is 64.5 cm³/mol. The maximum atomic E-state index is 10.3. The molecule has 0 heterocycles. The minimum atomic E-state index is -0.903. The van der Waals surface area contributed by atoms with Gasteiger partial charge in [0.2, 0.25) is 0 Å². The Kier molecular flexibility index (Phi) is 6.25. The maximum Gasteiger partial charge on any atom is 0.335 e. The summed E-state index contributed by atoms with van der Waals surface area (Å²) in [6.07, 6.45) is 0. The summed E-state index contributed by atoms with van der Waals surface area (Å²) in [6.45, 7) is 2.92. The molecule has 16 heavy (non-hydrogen) atoms. The molecule has 0 atom stereocenters. The summed E-state index contributed by atoms with van der Waals surface area (Å²) in [5.41, 5.74) is -0.594. The maximum absolute atomic E-state index is 10.3. The topological polar surface area (TPSA) is 77.8 Å². The van der Waals surface area contributed by atoms with E-state index in [-0.39, 0.29) is 6.61 Å². The van der Waals surface area contributed by atoms with Crippen LogP contribution in [0.4, 0.5) is 0 Å². The Morgan fingerprint density at radius 1 is 1.31 bits per heavy atom. The van der Waals surface area contributed by atoms with Gasteiger partial charge in [-0.2, -0.15) is 0 Å². The molecule has 0 aromatic heterocycles. The normalized spacial score (nSPS) is 10.3. The van der Waals surface area contributed by atoms with Crippen molar-refractivity contribution in [3.05, 3.63) is 34.3 Å². The number of carboxylic acids is 1. The van der Waals surface area contributed by atoms with Crippen molar-refractivity contribution >= 4 is 21.9 Å². The molecule has 1 aromatic rings. The first kappa shape index (κ1) is 15.1. The number of aliphatic hydroxyl groups is 2. The van der Waals surface area contributed by atoms with Crippen molar-refractivity contribution in [3.8, 4) is 0 Å². The van der Waals surface area contributed by atoms with Gasteiger partial charge in [0.15, 0.2) is 0 Å². The lowest BCUT2D eigenvalue weighted by Crippen LogP contribution is -2.23. The van der Waals surface area contributed by atoms with Crippen LogP contribution in [-0.2, 0) is 0 Å². The molecule has 0 fully saturated rings. The number of aromatic carboxylic acids is 1. The third kappa shape index (κ3) is 7.39. The number of hydrogen-bond acceptors (Lipinski definition) is 3. The van der Waals surface area contributed by atoms with Crippen LogP contribution >= 0.6 is 15.9 Å². The molecule has 0 amide bonds. The van der Waals surface area contributed by atoms with Crippen LogP contribution in [0.15, 0.2) is 28.7 Å². The first-order chi connectivity index (χ1) is 7.26. The summed E-state index contributed by atoms with van der Waals surface area (Å²) in [7, 11) is 0. The van der Waals surface area contributed by atoms with E-state index in [9.17, 15) is 4.79 Å². The average molecular weight is 291 g/mol. The molecule has 0 spiro atoms. The van der Waals surface area contributed by atoms with E-state index in [0.29, 0.717) is 5.56 Å². The number of rotatable bonds is 2. The van der Waals surface area contributed by atoms with Crippen LogP contribution in [0.2, 0.25) is 0 Å². The molecule has 0 aliphatic heterocycles. The van der Waals surface area contributed by atoms with Crippen molar-refractivity contribution < 1.29 is 20.1 Å². The highest BCUT2D eigenvalue weighted by atomic mass is 79.9. The highest BCUT2D eigenvalue weighted by Crippen LogP contribution is 2.09. The Bertz CT molecular complexity index is 327. The highest BCUT2D eigenvalue weighted by Gasteiger charge is 2.07. The van der Waals surface area contributed by atoms with Crippen LogP contribution in [0, 0.1) is 0 Å². The SMILES string of the molecule is CC(C)(O)CO.O=C(O)c1ccc(Br)cc1. The first-order valence-electron chi connectivity index (χ1n) is 4.58. The molecule has 1 aromatic carbocycles. The number of carboxylic acid groups (broad SMARTS) is 1. The average Bonchev–Trinajstić information content (AvgIpc) is 2.18. The fourth-order valence-corrected chi connectivity index (χ4v) is 0.857. The molecule has 1 rings (SSSR count). The van der Waals surface area contributed by atoms with E-state index < -0.39 is 11.6 Å². The van der Waals surface area contributed by atoms with E-state index in [2.05, 4.69) is 15.9 Å². The largest absolute Gasteiger partial charge is 0.478 e. The van der Waals surface area contributed by atoms with Gasteiger partial charge >= 0.3 is 5.97 Å². The smallest absolute Gasteiger partial charge is 0.335 e. The van der Waals surface area contributed by atoms with Crippen molar-refractivity contribution in [2.75, 3.05) is 6.61 Å². The summed E-state index contributed by atoms with van der Waals surface area (Å²) in [5, 5.41) is 25.2. The lowest BCUT2D eigenvalue weighted by molar-refractivity contribution is 0.0183. The number of carbonyl (C=O) groups is 1. The Morgan fingerprint density at radius 3 is 1.94 bits per heavy atom. The van der Waals surface area contributed by atoms with Crippen LogP contribution < -0.4 is 0 Å². The van der Waals surface area contributed by atoms with E-state index in [1.165, 1.54) is 0 Å². The van der Waals surface area contributed by atoms with Crippen LogP contribution in [-0.4, -0.2) is 33.5 Å². The number of hydrogen-bond donors (Lipinski definition) is 3. The zero-order chi connectivity index (χ0) is 12.8. The summed E-state index contributed by atoms with van der Waals surface area (Å²) >= 11 is 3.20. The molecule has 0 bridgehead atoms. The van der Waals surface area contributed by atoms with Crippen molar-refractivity contribution in [2.45, 2.75) is 19.4 Å². The fraction of sp³-hybridized carbons (Fsp3) is 0.364. The summed E-state index contributed by atoms with van der Waals surface area (Å²) in [5.74, 6) is -0.896. The molecular weight excluding hydrogens is 276 g/mol. The Balaban J connectivity index is 0.000000325. The molecule has 0 unspecified atom stereocenters. The summed E-state index contributed by atoms with van der Waals surface area (Å²) in [4.78, 5) is 10.3. The molecule has 0 saturated heterocycles. The van der Waals surface area contributed by atoms with Gasteiger partial charge in [-0.25, -0.2) is 4.79 Å². The summed E-state index contributed by atoms with van der Waals surface area (Å²) < 4.78 is 0.887. The standard InChI is InChI=1S/C7H5BrO2.C4H10O2/c8-6-3-1-5(2-4-6)7(9)10;1-4(2,6)3-5/h1-4H,(H,9,10);5-6H,3H2,1-2H3. The monoisotopic (exact) mass is 290 g/mol. The Hall–Kier alpha value is -0.910. The van der Waals surface area contributed by atoms with Gasteiger partial charge in [-0.15, -0.1) is 0 Å². The second-order valence-electron chi connectivity index (χ2n) is 3.78. The van der Waals surface area contributed by atoms with Gasteiger partial charge in [0, 0.05) is 4.47 Å². The predicted octanol–water partition coefficient (Wildman–Crippen LogP) is 1.90. The van der Waals surface area contributed by atoms with Crippen LogP contribution in [0.3, 0.4) is 0 Å². The second kappa shape index (κ2) is 6.62. The zero-order valence-electron chi connectivity index (χ0n) is 9.14. The Labute approximate surface area is 103 Å². The summed E-state index contributed by atoms with van der Waals surface area (Å²) in [6, 6.07) is 6.49. The molecule has 3 N–H and O–H groups in total. The lowest BCUT2D eigenvalue weighted by Gasteiger charge is -2.10. The molecule has 4 nitrogen and oxygen atoms in total. The van der Waals surface area contributed by atoms with Gasteiger partial charge in [0.05, 0.1) is 17.8 Å². The van der Waals surface area contributed by atoms with Gasteiger partial charge in [0.25, 0.3) is 0 Å². The number of halogens is 1. The van der Waals surface area contributed by atoms with Crippen molar-refractivity contribution in [1.82, 2.24) is 0 Å². The van der Waals surface area contributed by atoms with Crippen LogP contribution in [0.1, 0.15) is 24.2 Å². The third-order valence-electron chi connectivity index (χ3n) is 1.48. The molecular formula is C11H15BrO4. The third-order valence-corrected chi connectivity index (χ3v) is 2.01. The molecule has 0 aliphatic rings. The first-order valence-corrected chi connectivity index (χ1v) is 5.37. The van der Waals surface area contributed by atoms with Crippen LogP contribution in [0.25, 0.3) is 0 Å². The zero-order valence-corrected chi connectivity index (χ0v) is 10.7. The van der Waals surface area contributed by atoms with E-state index in [1.54, 1.807) is 38.1 Å². The minimum Gasteiger partial charge on any atom is -0.478 e.